The molecule has 1 aliphatic rings. The Hall–Kier alpha value is -1.94. The van der Waals surface area contributed by atoms with Crippen LogP contribution in [0.4, 0.5) is 32.0 Å². The van der Waals surface area contributed by atoms with Crippen molar-refractivity contribution in [1.82, 2.24) is 0 Å². The van der Waals surface area contributed by atoms with Crippen molar-refractivity contribution in [2.75, 3.05) is 10.8 Å². The highest BCUT2D eigenvalue weighted by atomic mass is 35.5. The molecule has 3 rings (SSSR count). The SMILES string of the molecule is O=S(=O)(c1ccc(C(F)(F)F)cc1)N(CCC1(Cl)CCCCC1C(F)(F)F)c1ccccc1. The fraction of sp³-hybridized carbons (Fsp3) is 0.455. The van der Waals surface area contributed by atoms with Gasteiger partial charge in [-0.2, -0.15) is 26.3 Å². The van der Waals surface area contributed by atoms with E-state index in [1.807, 2.05) is 0 Å². The van der Waals surface area contributed by atoms with Crippen molar-refractivity contribution in [3.05, 3.63) is 60.2 Å². The highest BCUT2D eigenvalue weighted by molar-refractivity contribution is 7.92. The molecule has 3 nitrogen and oxygen atoms in total. The van der Waals surface area contributed by atoms with Gasteiger partial charge in [0.15, 0.2) is 0 Å². The third kappa shape index (κ3) is 5.77. The van der Waals surface area contributed by atoms with E-state index in [4.69, 9.17) is 11.6 Å². The minimum atomic E-state index is -4.64. The number of alkyl halides is 7. The van der Waals surface area contributed by atoms with Gasteiger partial charge in [-0.15, -0.1) is 11.6 Å². The number of nitrogens with zero attached hydrogens (tertiary/aromatic N) is 1. The highest BCUT2D eigenvalue weighted by Gasteiger charge is 2.53. The van der Waals surface area contributed by atoms with Crippen molar-refractivity contribution in [1.29, 1.82) is 0 Å². The van der Waals surface area contributed by atoms with Gasteiger partial charge < -0.3 is 0 Å². The lowest BCUT2D eigenvalue weighted by molar-refractivity contribution is -0.191. The van der Waals surface area contributed by atoms with Crippen LogP contribution in [0.15, 0.2) is 59.5 Å². The molecule has 0 heterocycles. The van der Waals surface area contributed by atoms with Crippen molar-refractivity contribution >= 4 is 27.3 Å². The molecule has 0 saturated heterocycles. The van der Waals surface area contributed by atoms with Crippen LogP contribution in [-0.4, -0.2) is 26.0 Å². The molecular formula is C22H22ClF6NO2S. The second-order valence-corrected chi connectivity index (χ2v) is 10.7. The van der Waals surface area contributed by atoms with Gasteiger partial charge in [-0.25, -0.2) is 8.42 Å². The Morgan fingerprint density at radius 3 is 2.09 bits per heavy atom. The van der Waals surface area contributed by atoms with Crippen LogP contribution < -0.4 is 4.31 Å². The normalized spacial score (nSPS) is 22.2. The second-order valence-electron chi connectivity index (χ2n) is 8.06. The van der Waals surface area contributed by atoms with E-state index in [1.165, 1.54) is 12.1 Å². The lowest BCUT2D eigenvalue weighted by Crippen LogP contribution is -2.46. The average molecular weight is 514 g/mol. The molecule has 2 aromatic carbocycles. The second kappa shape index (κ2) is 9.37. The van der Waals surface area contributed by atoms with Crippen molar-refractivity contribution in [3.8, 4) is 0 Å². The summed E-state index contributed by atoms with van der Waals surface area (Å²) in [5, 5.41) is 0. The van der Waals surface area contributed by atoms with Crippen LogP contribution in [0.5, 0.6) is 0 Å². The molecule has 1 aliphatic carbocycles. The first-order valence-electron chi connectivity index (χ1n) is 10.3. The molecule has 33 heavy (non-hydrogen) atoms. The van der Waals surface area contributed by atoms with Crippen molar-refractivity contribution < 1.29 is 34.8 Å². The molecule has 11 heteroatoms. The van der Waals surface area contributed by atoms with Crippen LogP contribution in [0.1, 0.15) is 37.7 Å². The maximum atomic E-state index is 13.6. The molecule has 1 fully saturated rings. The summed E-state index contributed by atoms with van der Waals surface area (Å²) in [6.45, 7) is -0.358. The Balaban J connectivity index is 1.94. The number of benzene rings is 2. The lowest BCUT2D eigenvalue weighted by Gasteiger charge is -2.41. The quantitative estimate of drug-likeness (QED) is 0.307. The molecule has 182 valence electrons. The summed E-state index contributed by atoms with van der Waals surface area (Å²) < 4.78 is 107. The maximum absolute atomic E-state index is 13.6. The van der Waals surface area contributed by atoms with E-state index in [-0.39, 0.29) is 31.5 Å². The summed E-state index contributed by atoms with van der Waals surface area (Å²) in [6.07, 6.45) is -8.61. The molecule has 0 bridgehead atoms. The molecule has 0 aromatic heterocycles. The van der Waals surface area contributed by atoms with Gasteiger partial charge in [0, 0.05) is 6.54 Å². The average Bonchev–Trinajstić information content (AvgIpc) is 2.73. The zero-order chi connectivity index (χ0) is 24.5. The smallest absolute Gasteiger partial charge is 0.266 e. The van der Waals surface area contributed by atoms with Crippen LogP contribution in [0.2, 0.25) is 0 Å². The maximum Gasteiger partial charge on any atom is 0.416 e. The first-order valence-corrected chi connectivity index (χ1v) is 12.1. The molecule has 2 atom stereocenters. The molecule has 2 aromatic rings. The van der Waals surface area contributed by atoms with Gasteiger partial charge in [0.1, 0.15) is 0 Å². The van der Waals surface area contributed by atoms with Crippen LogP contribution in [0, 0.1) is 5.92 Å². The van der Waals surface area contributed by atoms with Crippen LogP contribution >= 0.6 is 11.6 Å². The van der Waals surface area contributed by atoms with Gasteiger partial charge >= 0.3 is 12.4 Å². The summed E-state index contributed by atoms with van der Waals surface area (Å²) in [7, 11) is -4.37. The Labute approximate surface area is 193 Å². The summed E-state index contributed by atoms with van der Waals surface area (Å²) in [4.78, 5) is -2.07. The van der Waals surface area contributed by atoms with E-state index >= 15 is 0 Å². The zero-order valence-corrected chi connectivity index (χ0v) is 18.9. The number of hydrogen-bond donors (Lipinski definition) is 0. The number of anilines is 1. The topological polar surface area (TPSA) is 37.4 Å². The number of sulfonamides is 1. The van der Waals surface area contributed by atoms with Crippen molar-refractivity contribution in [3.63, 3.8) is 0 Å². The first-order chi connectivity index (χ1) is 15.2. The molecule has 0 amide bonds. The predicted octanol–water partition coefficient (Wildman–Crippen LogP) is 7.02. The minimum Gasteiger partial charge on any atom is -0.266 e. The minimum absolute atomic E-state index is 0.0850. The van der Waals surface area contributed by atoms with Gasteiger partial charge in [0.2, 0.25) is 0 Å². The fourth-order valence-electron chi connectivity index (χ4n) is 4.17. The lowest BCUT2D eigenvalue weighted by atomic mass is 9.76. The van der Waals surface area contributed by atoms with E-state index in [2.05, 4.69) is 0 Å². The summed E-state index contributed by atoms with van der Waals surface area (Å²) in [5.74, 6) is -1.77. The van der Waals surface area contributed by atoms with Gasteiger partial charge in [-0.3, -0.25) is 4.31 Å². The fourth-order valence-corrected chi connectivity index (χ4v) is 6.09. The molecule has 0 aliphatic heterocycles. The molecular weight excluding hydrogens is 492 g/mol. The monoisotopic (exact) mass is 513 g/mol. The van der Waals surface area contributed by atoms with E-state index in [1.54, 1.807) is 18.2 Å². The van der Waals surface area contributed by atoms with E-state index in [0.717, 1.165) is 16.4 Å². The zero-order valence-electron chi connectivity index (χ0n) is 17.3. The third-order valence-electron chi connectivity index (χ3n) is 5.90. The molecule has 0 radical (unpaired) electrons. The van der Waals surface area contributed by atoms with Gasteiger partial charge in [-0.05, 0) is 55.7 Å². The predicted molar refractivity (Wildman–Crippen MR) is 114 cm³/mol. The number of para-hydroxylation sites is 1. The van der Waals surface area contributed by atoms with Crippen LogP contribution in [0.25, 0.3) is 0 Å². The Morgan fingerprint density at radius 2 is 1.55 bits per heavy atom. The van der Waals surface area contributed by atoms with E-state index in [9.17, 15) is 34.8 Å². The van der Waals surface area contributed by atoms with Gasteiger partial charge in [0.25, 0.3) is 10.0 Å². The van der Waals surface area contributed by atoms with Crippen molar-refractivity contribution in [2.24, 2.45) is 5.92 Å². The Kier molecular flexibility index (Phi) is 7.29. The van der Waals surface area contributed by atoms with Crippen LogP contribution in [0.3, 0.4) is 0 Å². The molecule has 1 saturated carbocycles. The molecule has 2 unspecified atom stereocenters. The number of rotatable bonds is 6. The van der Waals surface area contributed by atoms with Gasteiger partial charge in [-0.1, -0.05) is 31.0 Å². The first kappa shape index (κ1) is 25.7. The van der Waals surface area contributed by atoms with Gasteiger partial charge in [0.05, 0.1) is 26.9 Å². The third-order valence-corrected chi connectivity index (χ3v) is 8.38. The highest BCUT2D eigenvalue weighted by Crippen LogP contribution is 2.49. The summed E-state index contributed by atoms with van der Waals surface area (Å²) in [6, 6.07) is 10.7. The van der Waals surface area contributed by atoms with Crippen LogP contribution in [-0.2, 0) is 16.2 Å². The molecule has 0 spiro atoms. The number of hydrogen-bond acceptors (Lipinski definition) is 2. The standard InChI is InChI=1S/C22H22ClF6NO2S/c23-20(13-5-4-8-19(20)22(27,28)29)14-15-30(17-6-2-1-3-7-17)33(31,32)18-11-9-16(10-12-18)21(24,25)26/h1-3,6-7,9-12,19H,4-5,8,13-15H2. The largest absolute Gasteiger partial charge is 0.416 e. The summed E-state index contributed by atoms with van der Waals surface area (Å²) in [5.41, 5.74) is -0.834. The Bertz CT molecular complexity index is 1040. The van der Waals surface area contributed by atoms with Crippen molar-refractivity contribution in [2.45, 2.75) is 54.2 Å². The number of halogens is 7. The molecule has 0 N–H and O–H groups in total. The van der Waals surface area contributed by atoms with E-state index in [0.29, 0.717) is 25.0 Å². The summed E-state index contributed by atoms with van der Waals surface area (Å²) >= 11 is 6.46. The Morgan fingerprint density at radius 1 is 0.939 bits per heavy atom. The van der Waals surface area contributed by atoms with E-state index < -0.39 is 43.6 Å².